The van der Waals surface area contributed by atoms with E-state index < -0.39 is 37.2 Å². The summed E-state index contributed by atoms with van der Waals surface area (Å²) in [5.74, 6) is -2.84. The maximum atomic E-state index is 12.2. The number of thiazole rings is 1. The zero-order chi connectivity index (χ0) is 20.9. The number of aryl methyl sites for hydroxylation is 1. The van der Waals surface area contributed by atoms with Gasteiger partial charge in [0.2, 0.25) is 5.91 Å². The zero-order valence-electron chi connectivity index (χ0n) is 14.3. The molecule has 3 N–H and O–H groups in total. The highest BCUT2D eigenvalue weighted by Gasteiger charge is 2.31. The predicted molar refractivity (Wildman–Crippen MR) is 91.9 cm³/mol. The van der Waals surface area contributed by atoms with Crippen molar-refractivity contribution in [3.63, 3.8) is 0 Å². The topological polar surface area (TPSA) is 118 Å². The third-order valence-electron chi connectivity index (χ3n) is 3.18. The van der Waals surface area contributed by atoms with Crippen LogP contribution >= 0.6 is 11.3 Å². The predicted octanol–water partition coefficient (Wildman–Crippen LogP) is 1.95. The number of ether oxygens (including phenoxy) is 1. The fourth-order valence-electron chi connectivity index (χ4n) is 2.01. The number of nitrogens with one attached hydrogen (secondary N) is 2. The fourth-order valence-corrected chi connectivity index (χ4v) is 3.00. The quantitative estimate of drug-likeness (QED) is 0.634. The SMILES string of the molecule is Cc1nc(-c2ccc(OC(F)(F)F)cc2)sc1C(=O)NCC(=O)NCC(=O)O. The number of carbonyl (C=O) groups is 3. The van der Waals surface area contributed by atoms with Crippen LogP contribution in [0, 0.1) is 6.92 Å². The first-order valence-corrected chi connectivity index (χ1v) is 8.47. The Hall–Kier alpha value is -3.15. The van der Waals surface area contributed by atoms with Gasteiger partial charge in [-0.3, -0.25) is 14.4 Å². The van der Waals surface area contributed by atoms with Crippen molar-refractivity contribution in [2.24, 2.45) is 0 Å². The smallest absolute Gasteiger partial charge is 0.480 e. The number of benzene rings is 1. The number of alkyl halides is 3. The molecule has 2 rings (SSSR count). The summed E-state index contributed by atoms with van der Waals surface area (Å²) in [7, 11) is 0. The normalized spacial score (nSPS) is 11.0. The van der Waals surface area contributed by atoms with Gasteiger partial charge in [-0.1, -0.05) is 0 Å². The van der Waals surface area contributed by atoms with Gasteiger partial charge in [-0.2, -0.15) is 0 Å². The summed E-state index contributed by atoms with van der Waals surface area (Å²) in [5.41, 5.74) is 0.861. The number of aliphatic carboxylic acids is 1. The second-order valence-electron chi connectivity index (χ2n) is 5.36. The molecule has 0 unspecified atom stereocenters. The molecule has 1 aromatic carbocycles. The van der Waals surface area contributed by atoms with Crippen LogP contribution in [0.5, 0.6) is 5.75 Å². The number of carboxylic acid groups (broad SMARTS) is 1. The lowest BCUT2D eigenvalue weighted by Gasteiger charge is -2.08. The molecule has 0 fully saturated rings. The second-order valence-corrected chi connectivity index (χ2v) is 6.36. The minimum Gasteiger partial charge on any atom is -0.480 e. The molecule has 0 saturated heterocycles. The van der Waals surface area contributed by atoms with Crippen LogP contribution in [0.4, 0.5) is 13.2 Å². The van der Waals surface area contributed by atoms with Gasteiger partial charge >= 0.3 is 12.3 Å². The number of aromatic nitrogens is 1. The van der Waals surface area contributed by atoms with Crippen molar-refractivity contribution in [3.8, 4) is 16.3 Å². The first-order chi connectivity index (χ1) is 13.0. The van der Waals surface area contributed by atoms with Crippen molar-refractivity contribution < 1.29 is 37.4 Å². The summed E-state index contributed by atoms with van der Waals surface area (Å²) in [6.07, 6.45) is -4.79. The summed E-state index contributed by atoms with van der Waals surface area (Å²) in [6.45, 7) is 0.593. The Balaban J connectivity index is 2.03. The highest BCUT2D eigenvalue weighted by atomic mass is 32.1. The molecular formula is C16H14F3N3O5S. The van der Waals surface area contributed by atoms with E-state index in [4.69, 9.17) is 5.11 Å². The maximum Gasteiger partial charge on any atom is 0.573 e. The maximum absolute atomic E-state index is 12.2. The van der Waals surface area contributed by atoms with Crippen molar-refractivity contribution >= 4 is 29.1 Å². The molecule has 0 radical (unpaired) electrons. The van der Waals surface area contributed by atoms with Crippen molar-refractivity contribution in [1.29, 1.82) is 0 Å². The number of amides is 2. The van der Waals surface area contributed by atoms with E-state index in [1.807, 2.05) is 0 Å². The molecule has 0 spiro atoms. The number of carbonyl (C=O) groups excluding carboxylic acids is 2. The van der Waals surface area contributed by atoms with Gasteiger partial charge in [0, 0.05) is 5.56 Å². The number of halogens is 3. The summed E-state index contributed by atoms with van der Waals surface area (Å²) in [6, 6.07) is 5.01. The lowest BCUT2D eigenvalue weighted by atomic mass is 10.2. The Kier molecular flexibility index (Phi) is 6.57. The van der Waals surface area contributed by atoms with E-state index in [0.717, 1.165) is 23.5 Å². The van der Waals surface area contributed by atoms with Crippen LogP contribution in [0.15, 0.2) is 24.3 Å². The van der Waals surface area contributed by atoms with E-state index in [2.05, 4.69) is 20.4 Å². The van der Waals surface area contributed by atoms with E-state index in [1.54, 1.807) is 6.92 Å². The molecule has 28 heavy (non-hydrogen) atoms. The van der Waals surface area contributed by atoms with Crippen molar-refractivity contribution in [1.82, 2.24) is 15.6 Å². The molecule has 0 aliphatic rings. The minimum atomic E-state index is -4.79. The number of rotatable bonds is 7. The molecule has 2 amide bonds. The van der Waals surface area contributed by atoms with Crippen molar-refractivity contribution in [3.05, 3.63) is 34.8 Å². The van der Waals surface area contributed by atoms with Crippen LogP contribution in [-0.4, -0.2) is 47.3 Å². The molecule has 1 heterocycles. The lowest BCUT2D eigenvalue weighted by Crippen LogP contribution is -2.38. The van der Waals surface area contributed by atoms with Crippen LogP contribution < -0.4 is 15.4 Å². The first-order valence-electron chi connectivity index (χ1n) is 7.65. The van der Waals surface area contributed by atoms with Crippen LogP contribution in [0.25, 0.3) is 10.6 Å². The Morgan fingerprint density at radius 3 is 2.36 bits per heavy atom. The lowest BCUT2D eigenvalue weighted by molar-refractivity contribution is -0.274. The third kappa shape index (κ3) is 6.23. The Bertz CT molecular complexity index is 881. The number of nitrogens with zero attached hydrogens (tertiary/aromatic N) is 1. The zero-order valence-corrected chi connectivity index (χ0v) is 15.1. The highest BCUT2D eigenvalue weighted by Crippen LogP contribution is 2.30. The van der Waals surface area contributed by atoms with Crippen LogP contribution in [-0.2, 0) is 9.59 Å². The molecule has 150 valence electrons. The molecule has 2 aromatic rings. The van der Waals surface area contributed by atoms with Gasteiger partial charge in [0.05, 0.1) is 12.2 Å². The van der Waals surface area contributed by atoms with E-state index >= 15 is 0 Å². The summed E-state index contributed by atoms with van der Waals surface area (Å²) < 4.78 is 40.4. The average Bonchev–Trinajstić information content (AvgIpc) is 2.99. The highest BCUT2D eigenvalue weighted by molar-refractivity contribution is 7.17. The number of hydrogen-bond acceptors (Lipinski definition) is 6. The van der Waals surface area contributed by atoms with Crippen LogP contribution in [0.3, 0.4) is 0 Å². The standard InChI is InChI=1S/C16H14F3N3O5S/c1-8-13(14(26)21-6-11(23)20-7-12(24)25)28-15(22-8)9-2-4-10(5-3-9)27-16(17,18)19/h2-5H,6-7H2,1H3,(H,20,23)(H,21,26)(H,24,25). The first kappa shape index (κ1) is 21.2. The Morgan fingerprint density at radius 2 is 1.79 bits per heavy atom. The fraction of sp³-hybridized carbons (Fsp3) is 0.250. The summed E-state index contributed by atoms with van der Waals surface area (Å²) in [4.78, 5) is 38.4. The minimum absolute atomic E-state index is 0.219. The van der Waals surface area contributed by atoms with E-state index in [9.17, 15) is 27.6 Å². The monoisotopic (exact) mass is 417 g/mol. The van der Waals surface area contributed by atoms with Crippen molar-refractivity contribution in [2.75, 3.05) is 13.1 Å². The average molecular weight is 417 g/mol. The molecule has 12 heteroatoms. The number of carboxylic acids is 1. The van der Waals surface area contributed by atoms with E-state index in [1.165, 1.54) is 12.1 Å². The van der Waals surface area contributed by atoms with Gasteiger partial charge < -0.3 is 20.5 Å². The van der Waals surface area contributed by atoms with E-state index in [0.29, 0.717) is 16.3 Å². The summed E-state index contributed by atoms with van der Waals surface area (Å²) in [5, 5.41) is 13.3. The van der Waals surface area contributed by atoms with Gasteiger partial charge in [-0.05, 0) is 31.2 Å². The molecule has 8 nitrogen and oxygen atoms in total. The van der Waals surface area contributed by atoms with Gasteiger partial charge in [0.25, 0.3) is 5.91 Å². The Morgan fingerprint density at radius 1 is 1.14 bits per heavy atom. The van der Waals surface area contributed by atoms with Crippen LogP contribution in [0.1, 0.15) is 15.4 Å². The molecule has 0 atom stereocenters. The van der Waals surface area contributed by atoms with Crippen LogP contribution in [0.2, 0.25) is 0 Å². The third-order valence-corrected chi connectivity index (χ3v) is 4.39. The molecule has 0 saturated carbocycles. The Labute approximate surface area is 160 Å². The largest absolute Gasteiger partial charge is 0.573 e. The second kappa shape index (κ2) is 8.69. The van der Waals surface area contributed by atoms with Gasteiger partial charge in [0.15, 0.2) is 0 Å². The van der Waals surface area contributed by atoms with Crippen molar-refractivity contribution in [2.45, 2.75) is 13.3 Å². The van der Waals surface area contributed by atoms with E-state index in [-0.39, 0.29) is 10.6 Å². The molecule has 0 aliphatic heterocycles. The summed E-state index contributed by atoms with van der Waals surface area (Å²) >= 11 is 0.998. The molecule has 0 bridgehead atoms. The molecule has 0 aliphatic carbocycles. The van der Waals surface area contributed by atoms with Gasteiger partial charge in [-0.15, -0.1) is 24.5 Å². The molecule has 1 aromatic heterocycles. The van der Waals surface area contributed by atoms with Gasteiger partial charge in [0.1, 0.15) is 22.2 Å². The van der Waals surface area contributed by atoms with Gasteiger partial charge in [-0.25, -0.2) is 4.98 Å². The molecular weight excluding hydrogens is 403 g/mol. The number of hydrogen-bond donors (Lipinski definition) is 3.